The molecule has 0 unspecified atom stereocenters. The number of nitrogens with zero attached hydrogens (tertiary/aromatic N) is 3. The third-order valence-electron chi connectivity index (χ3n) is 6.23. The lowest BCUT2D eigenvalue weighted by Gasteiger charge is -2.30. The molecule has 1 aliphatic heterocycles. The van der Waals surface area contributed by atoms with Crippen molar-refractivity contribution in [2.24, 2.45) is 5.92 Å². The molecule has 3 aromatic rings. The molecule has 1 fully saturated rings. The van der Waals surface area contributed by atoms with Crippen LogP contribution in [0, 0.1) is 28.8 Å². The van der Waals surface area contributed by atoms with E-state index in [0.29, 0.717) is 0 Å². The SMILES string of the molecule is COc1ccc([N+](=O)[O-])cc1NC(=O)C1CCN(S(=O)(=O)c2c(C)noc2/C=C/c2ccccc2F)CC1. The zero-order valence-corrected chi connectivity index (χ0v) is 21.4. The summed E-state index contributed by atoms with van der Waals surface area (Å²) in [5, 5.41) is 17.6. The highest BCUT2D eigenvalue weighted by molar-refractivity contribution is 7.89. The van der Waals surface area contributed by atoms with Gasteiger partial charge in [-0.2, -0.15) is 4.31 Å². The van der Waals surface area contributed by atoms with Crippen LogP contribution in [0.4, 0.5) is 15.8 Å². The van der Waals surface area contributed by atoms with Crippen molar-refractivity contribution in [2.75, 3.05) is 25.5 Å². The van der Waals surface area contributed by atoms with Gasteiger partial charge in [0.1, 0.15) is 17.3 Å². The molecule has 38 heavy (non-hydrogen) atoms. The fraction of sp³-hybridized carbons (Fsp3) is 0.280. The second-order valence-electron chi connectivity index (χ2n) is 8.63. The smallest absolute Gasteiger partial charge is 0.271 e. The summed E-state index contributed by atoms with van der Waals surface area (Å²) in [6.45, 7) is 1.63. The zero-order valence-electron chi connectivity index (χ0n) is 20.6. The number of halogens is 1. The Morgan fingerprint density at radius 1 is 1.24 bits per heavy atom. The number of nitrogens with one attached hydrogen (secondary N) is 1. The van der Waals surface area contributed by atoms with E-state index in [0.717, 1.165) is 0 Å². The number of amides is 1. The second-order valence-corrected chi connectivity index (χ2v) is 10.5. The van der Waals surface area contributed by atoms with Gasteiger partial charge in [-0.25, -0.2) is 12.8 Å². The molecule has 1 saturated heterocycles. The number of rotatable bonds is 8. The van der Waals surface area contributed by atoms with Crippen molar-refractivity contribution in [1.82, 2.24) is 9.46 Å². The van der Waals surface area contributed by atoms with Gasteiger partial charge in [0.05, 0.1) is 17.7 Å². The highest BCUT2D eigenvalue weighted by atomic mass is 32.2. The number of carbonyl (C=O) groups is 1. The molecular weight excluding hydrogens is 519 g/mol. The van der Waals surface area contributed by atoms with Crippen LogP contribution in [-0.2, 0) is 14.8 Å². The summed E-state index contributed by atoms with van der Waals surface area (Å²) in [6, 6.07) is 9.90. The molecule has 0 spiro atoms. The van der Waals surface area contributed by atoms with Crippen LogP contribution in [0.5, 0.6) is 5.75 Å². The molecule has 0 aliphatic carbocycles. The van der Waals surface area contributed by atoms with E-state index in [1.54, 1.807) is 18.2 Å². The molecule has 0 saturated carbocycles. The number of piperidine rings is 1. The number of aryl methyl sites for hydroxylation is 1. The molecule has 13 heteroatoms. The van der Waals surface area contributed by atoms with Gasteiger partial charge in [0, 0.05) is 36.7 Å². The number of non-ortho nitro benzene ring substituents is 1. The topological polar surface area (TPSA) is 145 Å². The van der Waals surface area contributed by atoms with Crippen LogP contribution in [0.3, 0.4) is 0 Å². The van der Waals surface area contributed by atoms with Gasteiger partial charge in [0.15, 0.2) is 10.7 Å². The van der Waals surface area contributed by atoms with E-state index >= 15 is 0 Å². The average Bonchev–Trinajstić information content (AvgIpc) is 3.29. The standard InChI is InChI=1S/C25H25FN4O7S/c1-16-24(23(37-28-16)9-7-17-5-3-4-6-20(17)26)38(34,35)29-13-11-18(12-14-29)25(31)27-21-15-19(30(32)33)8-10-22(21)36-2/h3-10,15,18H,11-14H2,1-2H3,(H,27,31)/b9-7+. The van der Waals surface area contributed by atoms with Crippen LogP contribution in [0.25, 0.3) is 12.2 Å². The number of hydrogen-bond acceptors (Lipinski definition) is 8. The number of aromatic nitrogens is 1. The molecule has 4 rings (SSSR count). The molecule has 0 bridgehead atoms. The van der Waals surface area contributed by atoms with E-state index in [9.17, 15) is 27.7 Å². The Morgan fingerprint density at radius 2 is 1.95 bits per heavy atom. The summed E-state index contributed by atoms with van der Waals surface area (Å²) in [5.41, 5.74) is 0.381. The number of methoxy groups -OCH3 is 1. The molecule has 2 aromatic carbocycles. The van der Waals surface area contributed by atoms with Gasteiger partial charge in [-0.3, -0.25) is 14.9 Å². The molecule has 200 valence electrons. The minimum Gasteiger partial charge on any atom is -0.495 e. The van der Waals surface area contributed by atoms with Crippen molar-refractivity contribution < 1.29 is 31.8 Å². The fourth-order valence-electron chi connectivity index (χ4n) is 4.20. The van der Waals surface area contributed by atoms with E-state index in [1.165, 1.54) is 54.8 Å². The third kappa shape index (κ3) is 5.58. The molecule has 1 N–H and O–H groups in total. The van der Waals surface area contributed by atoms with Crippen LogP contribution < -0.4 is 10.1 Å². The minimum absolute atomic E-state index is 0.0246. The van der Waals surface area contributed by atoms with E-state index < -0.39 is 32.6 Å². The Hall–Kier alpha value is -4.10. The van der Waals surface area contributed by atoms with Crippen LogP contribution in [0.15, 0.2) is 51.9 Å². The molecule has 0 atom stereocenters. The Labute approximate surface area is 218 Å². The summed E-state index contributed by atoms with van der Waals surface area (Å²) in [5.74, 6) is -1.14. The zero-order chi connectivity index (χ0) is 27.4. The summed E-state index contributed by atoms with van der Waals surface area (Å²) >= 11 is 0. The van der Waals surface area contributed by atoms with Crippen molar-refractivity contribution in [3.05, 3.63) is 75.4 Å². The quantitative estimate of drug-likeness (QED) is 0.327. The average molecular weight is 545 g/mol. The van der Waals surface area contributed by atoms with E-state index in [2.05, 4.69) is 10.5 Å². The minimum atomic E-state index is -4.02. The van der Waals surface area contributed by atoms with E-state index in [4.69, 9.17) is 9.26 Å². The Bertz CT molecular complexity index is 1500. The Morgan fingerprint density at radius 3 is 2.61 bits per heavy atom. The number of anilines is 1. The lowest BCUT2D eigenvalue weighted by atomic mass is 9.97. The van der Waals surface area contributed by atoms with Gasteiger partial charge in [-0.1, -0.05) is 23.4 Å². The summed E-state index contributed by atoms with van der Waals surface area (Å²) in [7, 11) is -2.64. The first-order valence-corrected chi connectivity index (χ1v) is 13.1. The predicted octanol–water partition coefficient (Wildman–Crippen LogP) is 4.25. The number of hydrogen-bond donors (Lipinski definition) is 1. The summed E-state index contributed by atoms with van der Waals surface area (Å²) in [6.07, 6.45) is 3.23. The van der Waals surface area contributed by atoms with E-state index in [1.807, 2.05) is 0 Å². The highest BCUT2D eigenvalue weighted by Gasteiger charge is 2.36. The van der Waals surface area contributed by atoms with Gasteiger partial charge < -0.3 is 14.6 Å². The lowest BCUT2D eigenvalue weighted by Crippen LogP contribution is -2.41. The maximum Gasteiger partial charge on any atom is 0.271 e. The van der Waals surface area contributed by atoms with Gasteiger partial charge in [-0.15, -0.1) is 0 Å². The van der Waals surface area contributed by atoms with Crippen molar-refractivity contribution in [1.29, 1.82) is 0 Å². The Balaban J connectivity index is 1.46. The normalized spacial score (nSPS) is 15.0. The third-order valence-corrected chi connectivity index (χ3v) is 8.28. The summed E-state index contributed by atoms with van der Waals surface area (Å²) in [4.78, 5) is 23.3. The monoisotopic (exact) mass is 544 g/mol. The molecule has 2 heterocycles. The van der Waals surface area contributed by atoms with Crippen LogP contribution in [0.1, 0.15) is 29.9 Å². The number of nitro benzene ring substituents is 1. The van der Waals surface area contributed by atoms with Gasteiger partial charge in [-0.05, 0) is 44.1 Å². The lowest BCUT2D eigenvalue weighted by molar-refractivity contribution is -0.384. The number of nitro groups is 1. The highest BCUT2D eigenvalue weighted by Crippen LogP contribution is 2.32. The number of sulfonamides is 1. The number of carbonyl (C=O) groups excluding carboxylic acids is 1. The summed E-state index contributed by atoms with van der Waals surface area (Å²) < 4.78 is 52.5. The number of ether oxygens (including phenoxy) is 1. The first-order chi connectivity index (χ1) is 18.1. The molecule has 1 amide bonds. The van der Waals surface area contributed by atoms with E-state index in [-0.39, 0.29) is 65.0 Å². The fourth-order valence-corrected chi connectivity index (χ4v) is 5.92. The number of benzene rings is 2. The molecule has 11 nitrogen and oxygen atoms in total. The first-order valence-electron chi connectivity index (χ1n) is 11.6. The Kier molecular flexibility index (Phi) is 7.88. The van der Waals surface area contributed by atoms with Crippen LogP contribution in [0.2, 0.25) is 0 Å². The molecular formula is C25H25FN4O7S. The molecule has 1 aromatic heterocycles. The molecule has 0 radical (unpaired) electrons. The maximum atomic E-state index is 14.0. The molecule has 1 aliphatic rings. The van der Waals surface area contributed by atoms with Gasteiger partial charge in [0.25, 0.3) is 5.69 Å². The van der Waals surface area contributed by atoms with Crippen molar-refractivity contribution in [3.63, 3.8) is 0 Å². The predicted molar refractivity (Wildman–Crippen MR) is 136 cm³/mol. The largest absolute Gasteiger partial charge is 0.495 e. The van der Waals surface area contributed by atoms with Gasteiger partial charge in [0.2, 0.25) is 15.9 Å². The maximum absolute atomic E-state index is 14.0. The van der Waals surface area contributed by atoms with Crippen molar-refractivity contribution in [3.8, 4) is 5.75 Å². The first kappa shape index (κ1) is 26.9. The van der Waals surface area contributed by atoms with Gasteiger partial charge >= 0.3 is 0 Å². The second kappa shape index (κ2) is 11.1. The van der Waals surface area contributed by atoms with Crippen molar-refractivity contribution >= 4 is 39.5 Å². The van der Waals surface area contributed by atoms with Crippen LogP contribution in [-0.4, -0.2) is 48.9 Å². The van der Waals surface area contributed by atoms with Crippen molar-refractivity contribution in [2.45, 2.75) is 24.7 Å². The van der Waals surface area contributed by atoms with Crippen LogP contribution >= 0.6 is 0 Å².